The predicted octanol–water partition coefficient (Wildman–Crippen LogP) is 2.76. The number of hydrogen-bond acceptors (Lipinski definition) is 4. The normalized spacial score (nSPS) is 18.3. The third-order valence-corrected chi connectivity index (χ3v) is 5.49. The van der Waals surface area contributed by atoms with E-state index in [1.54, 1.807) is 7.05 Å². The van der Waals surface area contributed by atoms with Crippen LogP contribution in [0, 0.1) is 0 Å². The van der Waals surface area contributed by atoms with Crippen LogP contribution in [-0.2, 0) is 20.8 Å². The highest BCUT2D eigenvalue weighted by molar-refractivity contribution is 14.0. The Morgan fingerprint density at radius 2 is 2.00 bits per heavy atom. The van der Waals surface area contributed by atoms with Crippen molar-refractivity contribution in [3.63, 3.8) is 0 Å². The van der Waals surface area contributed by atoms with Crippen molar-refractivity contribution in [1.82, 2.24) is 15.1 Å². The van der Waals surface area contributed by atoms with Crippen LogP contribution in [0.25, 0.3) is 0 Å². The number of nitrogens with zero attached hydrogens (tertiary/aromatic N) is 3. The Morgan fingerprint density at radius 3 is 2.67 bits per heavy atom. The SMILES string of the molecule is CN=C(NCCCOC1CCOCC1)N1CCN(Cc2ccc(Cl)cc2)C(=O)C1.I. The number of guanidine groups is 1. The first-order chi connectivity index (χ1) is 14.2. The quantitative estimate of drug-likeness (QED) is 0.245. The third-order valence-electron chi connectivity index (χ3n) is 5.24. The first-order valence-electron chi connectivity index (χ1n) is 10.3. The summed E-state index contributed by atoms with van der Waals surface area (Å²) in [5, 5.41) is 4.06. The van der Waals surface area contributed by atoms with Crippen LogP contribution in [0.4, 0.5) is 0 Å². The fourth-order valence-electron chi connectivity index (χ4n) is 3.56. The summed E-state index contributed by atoms with van der Waals surface area (Å²) in [5.74, 6) is 0.882. The van der Waals surface area contributed by atoms with Crippen LogP contribution in [0.1, 0.15) is 24.8 Å². The van der Waals surface area contributed by atoms with Gasteiger partial charge in [0.25, 0.3) is 0 Å². The fourth-order valence-corrected chi connectivity index (χ4v) is 3.69. The number of rotatable bonds is 7. The number of halogens is 2. The van der Waals surface area contributed by atoms with Gasteiger partial charge >= 0.3 is 0 Å². The standard InChI is InChI=1S/C21H31ClN4O3.HI/c1-23-21(24-9-2-12-29-19-7-13-28-14-8-19)26-11-10-25(20(27)16-26)15-17-3-5-18(22)6-4-17;/h3-6,19H,2,7-16H2,1H3,(H,23,24);1H. The van der Waals surface area contributed by atoms with Gasteiger partial charge in [0, 0.05) is 58.1 Å². The Labute approximate surface area is 201 Å². The summed E-state index contributed by atoms with van der Waals surface area (Å²) >= 11 is 5.93. The molecule has 2 heterocycles. The van der Waals surface area contributed by atoms with Gasteiger partial charge in [-0.2, -0.15) is 0 Å². The van der Waals surface area contributed by atoms with Crippen LogP contribution in [0.5, 0.6) is 0 Å². The molecule has 0 unspecified atom stereocenters. The van der Waals surface area contributed by atoms with Crippen LogP contribution < -0.4 is 5.32 Å². The van der Waals surface area contributed by atoms with E-state index in [1.807, 2.05) is 34.1 Å². The number of hydrogen-bond donors (Lipinski definition) is 1. The number of aliphatic imine (C=N–C) groups is 1. The summed E-state index contributed by atoms with van der Waals surface area (Å²) in [6.07, 6.45) is 3.20. The Morgan fingerprint density at radius 1 is 1.27 bits per heavy atom. The fraction of sp³-hybridized carbons (Fsp3) is 0.619. The average Bonchev–Trinajstić information content (AvgIpc) is 2.74. The second kappa shape index (κ2) is 13.3. The molecule has 2 saturated heterocycles. The van der Waals surface area contributed by atoms with Crippen LogP contribution in [0.15, 0.2) is 29.3 Å². The summed E-state index contributed by atoms with van der Waals surface area (Å²) in [7, 11) is 1.76. The summed E-state index contributed by atoms with van der Waals surface area (Å²) < 4.78 is 11.2. The number of carbonyl (C=O) groups is 1. The molecule has 1 N–H and O–H groups in total. The van der Waals surface area contributed by atoms with Crippen molar-refractivity contribution in [3.05, 3.63) is 34.9 Å². The molecule has 168 valence electrons. The lowest BCUT2D eigenvalue weighted by molar-refractivity contribution is -0.135. The molecule has 1 amide bonds. The lowest BCUT2D eigenvalue weighted by Gasteiger charge is -2.36. The molecule has 2 fully saturated rings. The number of ether oxygens (including phenoxy) is 2. The van der Waals surface area contributed by atoms with E-state index < -0.39 is 0 Å². The number of nitrogens with one attached hydrogen (secondary N) is 1. The Balaban J connectivity index is 0.00000320. The molecule has 0 radical (unpaired) electrons. The van der Waals surface area contributed by atoms with Gasteiger partial charge in [-0.1, -0.05) is 23.7 Å². The van der Waals surface area contributed by atoms with Gasteiger partial charge in [-0.05, 0) is 37.0 Å². The highest BCUT2D eigenvalue weighted by atomic mass is 127. The Bertz CT molecular complexity index is 683. The lowest BCUT2D eigenvalue weighted by Crippen LogP contribution is -2.55. The van der Waals surface area contributed by atoms with Crippen molar-refractivity contribution in [2.24, 2.45) is 4.99 Å². The molecule has 30 heavy (non-hydrogen) atoms. The molecular weight excluding hydrogens is 519 g/mol. The van der Waals surface area contributed by atoms with Crippen molar-refractivity contribution in [2.45, 2.75) is 31.9 Å². The summed E-state index contributed by atoms with van der Waals surface area (Å²) in [5.41, 5.74) is 1.09. The van der Waals surface area contributed by atoms with Crippen molar-refractivity contribution in [3.8, 4) is 0 Å². The zero-order chi connectivity index (χ0) is 20.5. The van der Waals surface area contributed by atoms with Gasteiger partial charge in [-0.25, -0.2) is 0 Å². The molecule has 0 atom stereocenters. The predicted molar refractivity (Wildman–Crippen MR) is 130 cm³/mol. The zero-order valence-corrected chi connectivity index (χ0v) is 20.6. The van der Waals surface area contributed by atoms with Gasteiger partial charge < -0.3 is 24.6 Å². The van der Waals surface area contributed by atoms with Crippen molar-refractivity contribution < 1.29 is 14.3 Å². The molecule has 1 aromatic carbocycles. The van der Waals surface area contributed by atoms with Gasteiger partial charge in [0.2, 0.25) is 5.91 Å². The van der Waals surface area contributed by atoms with E-state index in [0.29, 0.717) is 30.8 Å². The molecule has 0 bridgehead atoms. The van der Waals surface area contributed by atoms with Crippen molar-refractivity contribution >= 4 is 47.4 Å². The monoisotopic (exact) mass is 550 g/mol. The molecule has 1 aromatic rings. The second-order valence-corrected chi connectivity index (χ2v) is 7.81. The lowest BCUT2D eigenvalue weighted by atomic mass is 10.1. The molecule has 0 aliphatic carbocycles. The van der Waals surface area contributed by atoms with E-state index in [-0.39, 0.29) is 29.9 Å². The molecule has 9 heteroatoms. The van der Waals surface area contributed by atoms with Gasteiger partial charge in [0.15, 0.2) is 5.96 Å². The van der Waals surface area contributed by atoms with Crippen LogP contribution in [0.2, 0.25) is 5.02 Å². The van der Waals surface area contributed by atoms with Crippen LogP contribution in [-0.4, -0.2) is 80.8 Å². The van der Waals surface area contributed by atoms with Crippen molar-refractivity contribution in [1.29, 1.82) is 0 Å². The maximum atomic E-state index is 12.6. The molecule has 2 aliphatic rings. The van der Waals surface area contributed by atoms with E-state index in [4.69, 9.17) is 21.1 Å². The minimum atomic E-state index is 0. The summed E-state index contributed by atoms with van der Waals surface area (Å²) in [6, 6.07) is 7.64. The smallest absolute Gasteiger partial charge is 0.242 e. The largest absolute Gasteiger partial charge is 0.381 e. The van der Waals surface area contributed by atoms with E-state index in [0.717, 1.165) is 63.7 Å². The number of piperazine rings is 1. The first kappa shape index (κ1) is 25.2. The Hall–Kier alpha value is -1.10. The van der Waals surface area contributed by atoms with Gasteiger partial charge in [-0.15, -0.1) is 24.0 Å². The molecule has 0 spiro atoms. The minimum absolute atomic E-state index is 0. The van der Waals surface area contributed by atoms with Gasteiger partial charge in [-0.3, -0.25) is 9.79 Å². The molecular formula is C21H32ClIN4O3. The van der Waals surface area contributed by atoms with Gasteiger partial charge in [0.05, 0.1) is 12.6 Å². The number of carbonyl (C=O) groups excluding carboxylic acids is 1. The van der Waals surface area contributed by atoms with Crippen LogP contribution in [0.3, 0.4) is 0 Å². The zero-order valence-electron chi connectivity index (χ0n) is 17.5. The molecule has 2 aliphatic heterocycles. The van der Waals surface area contributed by atoms with E-state index in [2.05, 4.69) is 10.3 Å². The minimum Gasteiger partial charge on any atom is -0.381 e. The molecule has 7 nitrogen and oxygen atoms in total. The van der Waals surface area contributed by atoms with Crippen LogP contribution >= 0.6 is 35.6 Å². The number of amides is 1. The van der Waals surface area contributed by atoms with Gasteiger partial charge in [0.1, 0.15) is 0 Å². The van der Waals surface area contributed by atoms with E-state index in [9.17, 15) is 4.79 Å². The van der Waals surface area contributed by atoms with E-state index in [1.165, 1.54) is 0 Å². The maximum absolute atomic E-state index is 12.6. The molecule has 0 saturated carbocycles. The first-order valence-corrected chi connectivity index (χ1v) is 10.7. The highest BCUT2D eigenvalue weighted by Crippen LogP contribution is 2.14. The topological polar surface area (TPSA) is 66.4 Å². The average molecular weight is 551 g/mol. The summed E-state index contributed by atoms with van der Waals surface area (Å²) in [6.45, 7) is 5.48. The maximum Gasteiger partial charge on any atom is 0.242 e. The highest BCUT2D eigenvalue weighted by Gasteiger charge is 2.25. The summed E-state index contributed by atoms with van der Waals surface area (Å²) in [4.78, 5) is 20.8. The van der Waals surface area contributed by atoms with Crippen molar-refractivity contribution in [2.75, 3.05) is 53.0 Å². The second-order valence-electron chi connectivity index (χ2n) is 7.37. The molecule has 0 aromatic heterocycles. The Kier molecular flexibility index (Phi) is 11.2. The molecule has 3 rings (SSSR count). The number of benzene rings is 1. The van der Waals surface area contributed by atoms with E-state index >= 15 is 0 Å². The third kappa shape index (κ3) is 7.86.